The van der Waals surface area contributed by atoms with Gasteiger partial charge in [0.25, 0.3) is 0 Å². The van der Waals surface area contributed by atoms with Gasteiger partial charge in [-0.15, -0.1) is 0 Å². The zero-order chi connectivity index (χ0) is 13.7. The molecular formula is C13H13N3O3. The number of nitrogens with zero attached hydrogens (tertiary/aromatic N) is 2. The van der Waals surface area contributed by atoms with Crippen molar-refractivity contribution in [3.05, 3.63) is 53.9 Å². The van der Waals surface area contributed by atoms with Crippen LogP contribution < -0.4 is 5.73 Å². The number of hydrogen-bond acceptors (Lipinski definition) is 6. The Labute approximate surface area is 109 Å². The molecule has 1 unspecified atom stereocenters. The second-order valence-electron chi connectivity index (χ2n) is 3.82. The lowest BCUT2D eigenvalue weighted by Gasteiger charge is -2.15. The number of anilines is 1. The number of ether oxygens (including phenoxy) is 1. The minimum atomic E-state index is -0.716. The lowest BCUT2D eigenvalue weighted by molar-refractivity contribution is 0.0132. The molecule has 0 fully saturated rings. The Morgan fingerprint density at radius 3 is 2.47 bits per heavy atom. The molecule has 0 saturated heterocycles. The van der Waals surface area contributed by atoms with Crippen molar-refractivity contribution in [2.45, 2.75) is 6.10 Å². The van der Waals surface area contributed by atoms with Crippen LogP contribution in [0.15, 0.2) is 42.7 Å². The summed E-state index contributed by atoms with van der Waals surface area (Å²) in [5.74, 6) is -0.527. The molecule has 2 rings (SSSR count). The average molecular weight is 259 g/mol. The summed E-state index contributed by atoms with van der Waals surface area (Å²) in [5, 5.41) is 9.29. The van der Waals surface area contributed by atoms with Crippen LogP contribution in [0.3, 0.4) is 0 Å². The Hall–Kier alpha value is -2.47. The monoisotopic (exact) mass is 259 g/mol. The van der Waals surface area contributed by atoms with E-state index in [2.05, 4.69) is 9.97 Å². The van der Waals surface area contributed by atoms with Gasteiger partial charge in [-0.1, -0.05) is 30.3 Å². The van der Waals surface area contributed by atoms with Crippen molar-refractivity contribution >= 4 is 11.9 Å². The predicted molar refractivity (Wildman–Crippen MR) is 68.1 cm³/mol. The average Bonchev–Trinajstić information content (AvgIpc) is 2.46. The molecule has 0 radical (unpaired) electrons. The van der Waals surface area contributed by atoms with Crippen LogP contribution in [0.4, 0.5) is 5.95 Å². The number of rotatable bonds is 4. The first kappa shape index (κ1) is 13.0. The van der Waals surface area contributed by atoms with E-state index in [1.807, 2.05) is 6.07 Å². The molecule has 0 aliphatic rings. The largest absolute Gasteiger partial charge is 0.451 e. The van der Waals surface area contributed by atoms with E-state index in [9.17, 15) is 9.90 Å². The fourth-order valence-electron chi connectivity index (χ4n) is 1.52. The molecule has 3 N–H and O–H groups in total. The van der Waals surface area contributed by atoms with E-state index in [0.29, 0.717) is 0 Å². The Morgan fingerprint density at radius 1 is 1.26 bits per heavy atom. The maximum absolute atomic E-state index is 11.8. The maximum Gasteiger partial charge on any atom is 0.341 e. The van der Waals surface area contributed by atoms with Crippen molar-refractivity contribution in [2.75, 3.05) is 12.3 Å². The molecule has 0 bridgehead atoms. The number of nitrogen functional groups attached to an aromatic ring is 1. The van der Waals surface area contributed by atoms with E-state index in [1.54, 1.807) is 24.3 Å². The van der Waals surface area contributed by atoms with Gasteiger partial charge in [-0.2, -0.15) is 0 Å². The number of aliphatic hydroxyl groups is 1. The quantitative estimate of drug-likeness (QED) is 0.793. The Bertz CT molecular complexity index is 543. The van der Waals surface area contributed by atoms with Crippen molar-refractivity contribution in [1.82, 2.24) is 9.97 Å². The molecule has 0 aliphatic carbocycles. The molecule has 6 heteroatoms. The van der Waals surface area contributed by atoms with Gasteiger partial charge in [0, 0.05) is 12.4 Å². The molecule has 1 aromatic heterocycles. The van der Waals surface area contributed by atoms with Crippen molar-refractivity contribution in [3.8, 4) is 0 Å². The molecule has 1 heterocycles. The molecule has 2 aromatic rings. The standard InChI is InChI=1S/C13H13N3O3/c14-13-15-6-10(7-16-13)12(18)19-11(8-17)9-4-2-1-3-5-9/h1-7,11,17H,8H2,(H2,14,15,16). The molecular weight excluding hydrogens is 246 g/mol. The fraction of sp³-hybridized carbons (Fsp3) is 0.154. The van der Waals surface area contributed by atoms with E-state index in [-0.39, 0.29) is 18.1 Å². The SMILES string of the molecule is Nc1ncc(C(=O)OC(CO)c2ccccc2)cn1. The zero-order valence-corrected chi connectivity index (χ0v) is 10.1. The number of esters is 1. The molecule has 1 aromatic carbocycles. The molecule has 0 saturated carbocycles. The fourth-order valence-corrected chi connectivity index (χ4v) is 1.52. The topological polar surface area (TPSA) is 98.3 Å². The van der Waals surface area contributed by atoms with E-state index in [0.717, 1.165) is 5.56 Å². The maximum atomic E-state index is 11.8. The van der Waals surface area contributed by atoms with Crippen LogP contribution in [-0.2, 0) is 4.74 Å². The number of carbonyl (C=O) groups excluding carboxylic acids is 1. The third-order valence-electron chi connectivity index (χ3n) is 2.49. The highest BCUT2D eigenvalue weighted by Crippen LogP contribution is 2.18. The lowest BCUT2D eigenvalue weighted by atomic mass is 10.1. The van der Waals surface area contributed by atoms with Gasteiger partial charge in [0.05, 0.1) is 12.2 Å². The summed E-state index contributed by atoms with van der Waals surface area (Å²) in [5.41, 5.74) is 6.23. The number of hydrogen-bond donors (Lipinski definition) is 2. The summed E-state index contributed by atoms with van der Waals surface area (Å²) in [6, 6.07) is 8.99. The molecule has 19 heavy (non-hydrogen) atoms. The Morgan fingerprint density at radius 2 is 1.89 bits per heavy atom. The van der Waals surface area contributed by atoms with Crippen LogP contribution in [0, 0.1) is 0 Å². The normalized spacial score (nSPS) is 11.8. The van der Waals surface area contributed by atoms with Crippen LogP contribution in [0.1, 0.15) is 22.0 Å². The van der Waals surface area contributed by atoms with Crippen molar-refractivity contribution in [2.24, 2.45) is 0 Å². The highest BCUT2D eigenvalue weighted by Gasteiger charge is 2.17. The zero-order valence-electron chi connectivity index (χ0n) is 10.1. The summed E-state index contributed by atoms with van der Waals surface area (Å²) >= 11 is 0. The minimum Gasteiger partial charge on any atom is -0.451 e. The predicted octanol–water partition coefficient (Wildman–Crippen LogP) is 0.949. The number of benzene rings is 1. The van der Waals surface area contributed by atoms with Crippen molar-refractivity contribution in [3.63, 3.8) is 0 Å². The number of nitrogens with two attached hydrogens (primary N) is 1. The van der Waals surface area contributed by atoms with Crippen LogP contribution in [0.2, 0.25) is 0 Å². The van der Waals surface area contributed by atoms with Crippen LogP contribution in [0.25, 0.3) is 0 Å². The second kappa shape index (κ2) is 5.92. The highest BCUT2D eigenvalue weighted by molar-refractivity contribution is 5.88. The van der Waals surface area contributed by atoms with Crippen molar-refractivity contribution < 1.29 is 14.6 Å². The smallest absolute Gasteiger partial charge is 0.341 e. The van der Waals surface area contributed by atoms with Crippen LogP contribution >= 0.6 is 0 Å². The molecule has 0 amide bonds. The molecule has 98 valence electrons. The van der Waals surface area contributed by atoms with Gasteiger partial charge in [0.2, 0.25) is 5.95 Å². The highest BCUT2D eigenvalue weighted by atomic mass is 16.6. The first-order valence-electron chi connectivity index (χ1n) is 5.65. The van der Waals surface area contributed by atoms with Gasteiger partial charge < -0.3 is 15.6 Å². The van der Waals surface area contributed by atoms with Gasteiger partial charge >= 0.3 is 5.97 Å². The molecule has 0 spiro atoms. The van der Waals surface area contributed by atoms with Gasteiger partial charge in [0.15, 0.2) is 6.10 Å². The molecule has 1 atom stereocenters. The summed E-state index contributed by atoms with van der Waals surface area (Å²) in [4.78, 5) is 19.3. The number of aliphatic hydroxyl groups excluding tert-OH is 1. The van der Waals surface area contributed by atoms with Crippen LogP contribution in [-0.4, -0.2) is 27.7 Å². The summed E-state index contributed by atoms with van der Waals surface area (Å²) < 4.78 is 5.20. The summed E-state index contributed by atoms with van der Waals surface area (Å²) in [7, 11) is 0. The molecule has 0 aliphatic heterocycles. The lowest BCUT2D eigenvalue weighted by Crippen LogP contribution is -2.15. The van der Waals surface area contributed by atoms with E-state index in [1.165, 1.54) is 12.4 Å². The van der Waals surface area contributed by atoms with Gasteiger partial charge in [0.1, 0.15) is 0 Å². The summed E-state index contributed by atoms with van der Waals surface area (Å²) in [6.07, 6.45) is 1.85. The first-order chi connectivity index (χ1) is 9.20. The Balaban J connectivity index is 2.10. The number of carbonyl (C=O) groups is 1. The van der Waals surface area contributed by atoms with E-state index < -0.39 is 12.1 Å². The van der Waals surface area contributed by atoms with E-state index in [4.69, 9.17) is 10.5 Å². The van der Waals surface area contributed by atoms with E-state index >= 15 is 0 Å². The summed E-state index contributed by atoms with van der Waals surface area (Å²) in [6.45, 7) is -0.300. The Kier molecular flexibility index (Phi) is 4.04. The van der Waals surface area contributed by atoms with Gasteiger partial charge in [-0.25, -0.2) is 14.8 Å². The van der Waals surface area contributed by atoms with Gasteiger partial charge in [-0.3, -0.25) is 0 Å². The first-order valence-corrected chi connectivity index (χ1v) is 5.65. The van der Waals surface area contributed by atoms with Gasteiger partial charge in [-0.05, 0) is 5.56 Å². The van der Waals surface area contributed by atoms with Crippen LogP contribution in [0.5, 0.6) is 0 Å². The third kappa shape index (κ3) is 3.26. The minimum absolute atomic E-state index is 0.0818. The third-order valence-corrected chi connectivity index (χ3v) is 2.49. The molecule has 6 nitrogen and oxygen atoms in total. The second-order valence-corrected chi connectivity index (χ2v) is 3.82. The number of aromatic nitrogens is 2. The van der Waals surface area contributed by atoms with Crippen molar-refractivity contribution in [1.29, 1.82) is 0 Å².